The standard InChI is InChI=1S/C10H12N6O2S2/c11-5-1-6(3-7(2-5)20(14,17)18)19-10-15-8(12)4-9(13)16-10/h1-4H,11H2,(H2,14,17,18)(H4,12,13,15,16). The maximum Gasteiger partial charge on any atom is 0.238 e. The number of nitrogens with two attached hydrogens (primary N) is 4. The van der Waals surface area contributed by atoms with Gasteiger partial charge >= 0.3 is 0 Å². The van der Waals surface area contributed by atoms with Crippen molar-refractivity contribution in [1.29, 1.82) is 0 Å². The highest BCUT2D eigenvalue weighted by Crippen LogP contribution is 2.29. The lowest BCUT2D eigenvalue weighted by molar-refractivity contribution is 0.597. The number of primary sulfonamides is 1. The molecule has 0 aliphatic heterocycles. The first kappa shape index (κ1) is 14.4. The third-order valence-corrected chi connectivity index (χ3v) is 3.91. The van der Waals surface area contributed by atoms with Gasteiger partial charge in [0.25, 0.3) is 0 Å². The van der Waals surface area contributed by atoms with Gasteiger partial charge in [-0.25, -0.2) is 23.5 Å². The van der Waals surface area contributed by atoms with Crippen molar-refractivity contribution in [3.63, 3.8) is 0 Å². The van der Waals surface area contributed by atoms with E-state index in [1.165, 1.54) is 18.2 Å². The molecule has 1 heterocycles. The fourth-order valence-electron chi connectivity index (χ4n) is 1.43. The third kappa shape index (κ3) is 3.50. The average molecular weight is 312 g/mol. The van der Waals surface area contributed by atoms with E-state index in [0.29, 0.717) is 4.90 Å². The van der Waals surface area contributed by atoms with E-state index in [9.17, 15) is 8.42 Å². The highest BCUT2D eigenvalue weighted by Gasteiger charge is 2.12. The Morgan fingerprint density at radius 1 is 0.950 bits per heavy atom. The number of benzene rings is 1. The van der Waals surface area contributed by atoms with Crippen LogP contribution in [0.4, 0.5) is 17.3 Å². The number of hydrogen-bond donors (Lipinski definition) is 4. The van der Waals surface area contributed by atoms with E-state index in [4.69, 9.17) is 22.3 Å². The second-order valence-electron chi connectivity index (χ2n) is 3.89. The Balaban J connectivity index is 2.41. The highest BCUT2D eigenvalue weighted by molar-refractivity contribution is 7.99. The second kappa shape index (κ2) is 5.15. The van der Waals surface area contributed by atoms with Crippen molar-refractivity contribution in [2.75, 3.05) is 17.2 Å². The summed E-state index contributed by atoms with van der Waals surface area (Å²) in [5.41, 5.74) is 17.0. The molecule has 1 aromatic carbocycles. The van der Waals surface area contributed by atoms with Crippen LogP contribution in [0.5, 0.6) is 0 Å². The molecule has 10 heteroatoms. The summed E-state index contributed by atoms with van der Waals surface area (Å²) < 4.78 is 22.7. The first-order chi connectivity index (χ1) is 9.24. The van der Waals surface area contributed by atoms with Crippen molar-refractivity contribution < 1.29 is 8.42 Å². The quantitative estimate of drug-likeness (QED) is 0.455. The molecule has 0 bridgehead atoms. The summed E-state index contributed by atoms with van der Waals surface area (Å²) in [6.07, 6.45) is 0. The smallest absolute Gasteiger partial charge is 0.238 e. The zero-order valence-electron chi connectivity index (χ0n) is 10.1. The number of sulfonamides is 1. The van der Waals surface area contributed by atoms with E-state index in [-0.39, 0.29) is 27.4 Å². The van der Waals surface area contributed by atoms with Crippen LogP contribution in [0.1, 0.15) is 0 Å². The van der Waals surface area contributed by atoms with Crippen LogP contribution in [0.15, 0.2) is 39.2 Å². The maximum atomic E-state index is 11.3. The molecule has 2 aromatic rings. The molecule has 0 aliphatic rings. The summed E-state index contributed by atoms with van der Waals surface area (Å²) in [5.74, 6) is 0.436. The lowest BCUT2D eigenvalue weighted by Crippen LogP contribution is -2.12. The Hall–Kier alpha value is -2.04. The number of rotatable bonds is 3. The first-order valence-corrected chi connectivity index (χ1v) is 7.61. The molecule has 8 nitrogen and oxygen atoms in total. The van der Waals surface area contributed by atoms with Gasteiger partial charge in [-0.15, -0.1) is 0 Å². The molecule has 0 fully saturated rings. The van der Waals surface area contributed by atoms with Crippen molar-refractivity contribution >= 4 is 39.1 Å². The van der Waals surface area contributed by atoms with Gasteiger partial charge in [-0.1, -0.05) is 0 Å². The molecule has 1 aromatic heterocycles. The second-order valence-corrected chi connectivity index (χ2v) is 6.49. The minimum absolute atomic E-state index is 0.0862. The maximum absolute atomic E-state index is 11.3. The topological polar surface area (TPSA) is 164 Å². The van der Waals surface area contributed by atoms with Crippen LogP contribution >= 0.6 is 11.8 Å². The number of nitrogen functional groups attached to an aromatic ring is 3. The van der Waals surface area contributed by atoms with Gasteiger partial charge in [0.2, 0.25) is 10.0 Å². The Bertz CT molecular complexity index is 742. The van der Waals surface area contributed by atoms with Gasteiger partial charge in [0, 0.05) is 16.6 Å². The molecule has 0 amide bonds. The molecule has 0 spiro atoms. The van der Waals surface area contributed by atoms with Crippen LogP contribution < -0.4 is 22.3 Å². The Labute approximate surface area is 119 Å². The Morgan fingerprint density at radius 2 is 1.55 bits per heavy atom. The monoisotopic (exact) mass is 312 g/mol. The van der Waals surface area contributed by atoms with Crippen LogP contribution in [0, 0.1) is 0 Å². The largest absolute Gasteiger partial charge is 0.399 e. The zero-order chi connectivity index (χ0) is 14.9. The SMILES string of the molecule is Nc1cc(Sc2nc(N)cc(N)n2)cc(S(N)(=O)=O)c1. The summed E-state index contributed by atoms with van der Waals surface area (Å²) in [6, 6.07) is 5.63. The van der Waals surface area contributed by atoms with Crippen LogP contribution in [0.2, 0.25) is 0 Å². The highest BCUT2D eigenvalue weighted by atomic mass is 32.2. The normalized spacial score (nSPS) is 11.4. The number of nitrogens with zero attached hydrogens (tertiary/aromatic N) is 2. The van der Waals surface area contributed by atoms with E-state index in [0.717, 1.165) is 11.8 Å². The molecule has 106 valence electrons. The predicted molar refractivity (Wildman–Crippen MR) is 77.2 cm³/mol. The van der Waals surface area contributed by atoms with E-state index >= 15 is 0 Å². The van der Waals surface area contributed by atoms with Crippen molar-refractivity contribution in [3.05, 3.63) is 24.3 Å². The molecule has 8 N–H and O–H groups in total. The zero-order valence-corrected chi connectivity index (χ0v) is 11.8. The van der Waals surface area contributed by atoms with Gasteiger partial charge in [0.05, 0.1) is 4.90 Å². The van der Waals surface area contributed by atoms with Crippen molar-refractivity contribution in [2.45, 2.75) is 14.9 Å². The third-order valence-electron chi connectivity index (χ3n) is 2.19. The van der Waals surface area contributed by atoms with Crippen LogP contribution in [-0.4, -0.2) is 18.4 Å². The van der Waals surface area contributed by atoms with Gasteiger partial charge in [-0.3, -0.25) is 0 Å². The number of hydrogen-bond acceptors (Lipinski definition) is 8. The fraction of sp³-hybridized carbons (Fsp3) is 0. The van der Waals surface area contributed by atoms with Crippen LogP contribution in [0.25, 0.3) is 0 Å². The van der Waals surface area contributed by atoms with E-state index in [1.807, 2.05) is 0 Å². The minimum Gasteiger partial charge on any atom is -0.399 e. The summed E-state index contributed by atoms with van der Waals surface area (Å²) in [7, 11) is -3.84. The van der Waals surface area contributed by atoms with E-state index in [1.54, 1.807) is 6.07 Å². The molecule has 0 saturated heterocycles. The molecule has 0 aliphatic carbocycles. The van der Waals surface area contributed by atoms with Gasteiger partial charge in [-0.05, 0) is 30.0 Å². The molecular formula is C10H12N6O2S2. The lowest BCUT2D eigenvalue weighted by atomic mass is 10.3. The van der Waals surface area contributed by atoms with Crippen molar-refractivity contribution in [1.82, 2.24) is 9.97 Å². The lowest BCUT2D eigenvalue weighted by Gasteiger charge is -2.06. The summed E-state index contributed by atoms with van der Waals surface area (Å²) >= 11 is 1.08. The van der Waals surface area contributed by atoms with Gasteiger partial charge < -0.3 is 17.2 Å². The van der Waals surface area contributed by atoms with Gasteiger partial charge in [-0.2, -0.15) is 0 Å². The van der Waals surface area contributed by atoms with Gasteiger partial charge in [0.15, 0.2) is 5.16 Å². The van der Waals surface area contributed by atoms with Crippen molar-refractivity contribution in [3.8, 4) is 0 Å². The van der Waals surface area contributed by atoms with Gasteiger partial charge in [0.1, 0.15) is 11.6 Å². The molecule has 0 unspecified atom stereocenters. The average Bonchev–Trinajstić information content (AvgIpc) is 2.25. The molecule has 0 saturated carbocycles. The Kier molecular flexibility index (Phi) is 3.70. The van der Waals surface area contributed by atoms with Crippen LogP contribution in [-0.2, 0) is 10.0 Å². The van der Waals surface area contributed by atoms with E-state index in [2.05, 4.69) is 9.97 Å². The molecule has 2 rings (SSSR count). The predicted octanol–water partition coefficient (Wildman–Crippen LogP) is 0.0218. The molecular weight excluding hydrogens is 300 g/mol. The van der Waals surface area contributed by atoms with Crippen molar-refractivity contribution in [2.24, 2.45) is 5.14 Å². The van der Waals surface area contributed by atoms with Crippen LogP contribution in [0.3, 0.4) is 0 Å². The Morgan fingerprint density at radius 3 is 2.10 bits per heavy atom. The summed E-state index contributed by atoms with van der Waals surface area (Å²) in [5, 5.41) is 5.36. The molecule has 20 heavy (non-hydrogen) atoms. The fourth-order valence-corrected chi connectivity index (χ4v) is 2.99. The summed E-state index contributed by atoms with van der Waals surface area (Å²) in [4.78, 5) is 8.38. The van der Waals surface area contributed by atoms with E-state index < -0.39 is 10.0 Å². The molecule has 0 atom stereocenters. The number of anilines is 3. The molecule has 0 radical (unpaired) electrons. The minimum atomic E-state index is -3.84. The first-order valence-electron chi connectivity index (χ1n) is 5.25. The summed E-state index contributed by atoms with van der Waals surface area (Å²) in [6.45, 7) is 0. The number of aromatic nitrogens is 2.